The summed E-state index contributed by atoms with van der Waals surface area (Å²) >= 11 is 5.17. The molecule has 5 heteroatoms. The van der Waals surface area contributed by atoms with E-state index in [0.717, 1.165) is 10.2 Å². The number of hydrogen-bond acceptors (Lipinski definition) is 4. The van der Waals surface area contributed by atoms with E-state index in [1.807, 2.05) is 6.07 Å². The molecule has 0 saturated carbocycles. The predicted octanol–water partition coefficient (Wildman–Crippen LogP) is 4.86. The first-order chi connectivity index (χ1) is 9.61. The molecule has 0 spiro atoms. The number of esters is 1. The summed E-state index contributed by atoms with van der Waals surface area (Å²) in [4.78, 5) is 11.7. The minimum Gasteiger partial charge on any atom is -0.462 e. The molecule has 0 fully saturated rings. The summed E-state index contributed by atoms with van der Waals surface area (Å²) in [6, 6.07) is 7.75. The Morgan fingerprint density at radius 1 is 1.45 bits per heavy atom. The molecule has 0 amide bonds. The van der Waals surface area contributed by atoms with Crippen molar-refractivity contribution in [3.63, 3.8) is 0 Å². The predicted molar refractivity (Wildman–Crippen MR) is 86.5 cm³/mol. The first kappa shape index (κ1) is 15.1. The molecular formula is C15H16BrNO2S. The normalized spacial score (nSPS) is 11.9. The monoisotopic (exact) mass is 353 g/mol. The summed E-state index contributed by atoms with van der Waals surface area (Å²) < 4.78 is 5.84. The van der Waals surface area contributed by atoms with E-state index in [4.69, 9.17) is 4.74 Å². The van der Waals surface area contributed by atoms with E-state index in [0.29, 0.717) is 12.2 Å². The summed E-state index contributed by atoms with van der Waals surface area (Å²) in [5.74, 6) is -0.300. The number of anilines is 1. The van der Waals surface area contributed by atoms with Crippen molar-refractivity contribution in [2.75, 3.05) is 11.9 Å². The lowest BCUT2D eigenvalue weighted by molar-refractivity contribution is 0.0526. The molecule has 1 aromatic carbocycles. The van der Waals surface area contributed by atoms with Crippen molar-refractivity contribution >= 4 is 38.9 Å². The molecule has 0 aliphatic carbocycles. The first-order valence-corrected chi connectivity index (χ1v) is 8.10. The average molecular weight is 354 g/mol. The SMILES string of the molecule is CCOC(=O)c1ccc(NC(C)c2ccsc2)c(Br)c1. The molecule has 2 aromatic rings. The Morgan fingerprint density at radius 2 is 2.25 bits per heavy atom. The fourth-order valence-corrected chi connectivity index (χ4v) is 3.06. The minimum atomic E-state index is -0.300. The molecule has 0 bridgehead atoms. The second-order valence-electron chi connectivity index (χ2n) is 4.34. The number of carbonyl (C=O) groups is 1. The summed E-state index contributed by atoms with van der Waals surface area (Å²) in [5.41, 5.74) is 2.75. The van der Waals surface area contributed by atoms with Crippen LogP contribution in [0.3, 0.4) is 0 Å². The van der Waals surface area contributed by atoms with Gasteiger partial charge in [0.15, 0.2) is 0 Å². The van der Waals surface area contributed by atoms with Crippen molar-refractivity contribution in [3.8, 4) is 0 Å². The van der Waals surface area contributed by atoms with Crippen LogP contribution in [0.5, 0.6) is 0 Å². The highest BCUT2D eigenvalue weighted by atomic mass is 79.9. The zero-order valence-corrected chi connectivity index (χ0v) is 13.8. The van der Waals surface area contributed by atoms with Crippen LogP contribution in [0.2, 0.25) is 0 Å². The number of nitrogens with one attached hydrogen (secondary N) is 1. The highest BCUT2D eigenvalue weighted by Gasteiger charge is 2.11. The summed E-state index contributed by atoms with van der Waals surface area (Å²) in [6.07, 6.45) is 0. The zero-order valence-electron chi connectivity index (χ0n) is 11.4. The van der Waals surface area contributed by atoms with Gasteiger partial charge in [0.25, 0.3) is 0 Å². The van der Waals surface area contributed by atoms with Crippen LogP contribution in [0, 0.1) is 0 Å². The first-order valence-electron chi connectivity index (χ1n) is 6.37. The van der Waals surface area contributed by atoms with Gasteiger partial charge in [0.05, 0.1) is 12.2 Å². The van der Waals surface area contributed by atoms with Gasteiger partial charge in [-0.15, -0.1) is 0 Å². The number of carbonyl (C=O) groups excluding carboxylic acids is 1. The van der Waals surface area contributed by atoms with E-state index < -0.39 is 0 Å². The Labute approximate surface area is 131 Å². The van der Waals surface area contributed by atoms with Gasteiger partial charge in [0.1, 0.15) is 0 Å². The van der Waals surface area contributed by atoms with Crippen molar-refractivity contribution in [1.82, 2.24) is 0 Å². The van der Waals surface area contributed by atoms with Crippen molar-refractivity contribution in [2.45, 2.75) is 19.9 Å². The van der Waals surface area contributed by atoms with Gasteiger partial charge in [0.2, 0.25) is 0 Å². The van der Waals surface area contributed by atoms with Gasteiger partial charge in [-0.2, -0.15) is 11.3 Å². The quantitative estimate of drug-likeness (QED) is 0.780. The Kier molecular flexibility index (Phi) is 5.20. The van der Waals surface area contributed by atoms with Crippen LogP contribution in [0.1, 0.15) is 35.8 Å². The third-order valence-electron chi connectivity index (χ3n) is 2.90. The number of thiophene rings is 1. The maximum absolute atomic E-state index is 11.7. The van der Waals surface area contributed by atoms with E-state index in [2.05, 4.69) is 45.0 Å². The number of rotatable bonds is 5. The van der Waals surface area contributed by atoms with Crippen molar-refractivity contribution < 1.29 is 9.53 Å². The largest absolute Gasteiger partial charge is 0.462 e. The molecule has 106 valence electrons. The Morgan fingerprint density at radius 3 is 2.85 bits per heavy atom. The van der Waals surface area contributed by atoms with Crippen LogP contribution in [-0.4, -0.2) is 12.6 Å². The molecule has 0 aliphatic heterocycles. The smallest absolute Gasteiger partial charge is 0.338 e. The van der Waals surface area contributed by atoms with Gasteiger partial charge in [-0.3, -0.25) is 0 Å². The molecule has 0 saturated heterocycles. The van der Waals surface area contributed by atoms with Crippen molar-refractivity contribution in [2.24, 2.45) is 0 Å². The Hall–Kier alpha value is -1.33. The van der Waals surface area contributed by atoms with E-state index in [-0.39, 0.29) is 12.0 Å². The standard InChI is InChI=1S/C15H16BrNO2S/c1-3-19-15(18)11-4-5-14(13(16)8-11)17-10(2)12-6-7-20-9-12/h4-10,17H,3H2,1-2H3. The lowest BCUT2D eigenvalue weighted by atomic mass is 10.1. The molecule has 0 aliphatic rings. The fourth-order valence-electron chi connectivity index (χ4n) is 1.81. The van der Waals surface area contributed by atoms with Crippen LogP contribution >= 0.6 is 27.3 Å². The van der Waals surface area contributed by atoms with Gasteiger partial charge in [-0.1, -0.05) is 0 Å². The van der Waals surface area contributed by atoms with E-state index in [1.54, 1.807) is 30.4 Å². The summed E-state index contributed by atoms with van der Waals surface area (Å²) in [5, 5.41) is 7.60. The zero-order chi connectivity index (χ0) is 14.5. The van der Waals surface area contributed by atoms with Crippen LogP contribution in [0.25, 0.3) is 0 Å². The minimum absolute atomic E-state index is 0.214. The lowest BCUT2D eigenvalue weighted by Gasteiger charge is -2.16. The van der Waals surface area contributed by atoms with Gasteiger partial charge in [-0.25, -0.2) is 4.79 Å². The van der Waals surface area contributed by atoms with Crippen molar-refractivity contribution in [3.05, 3.63) is 50.6 Å². The summed E-state index contributed by atoms with van der Waals surface area (Å²) in [6.45, 7) is 4.28. The number of ether oxygens (including phenoxy) is 1. The molecule has 2 rings (SSSR count). The fraction of sp³-hybridized carbons (Fsp3) is 0.267. The molecule has 0 radical (unpaired) electrons. The highest BCUT2D eigenvalue weighted by molar-refractivity contribution is 9.10. The second kappa shape index (κ2) is 6.90. The van der Waals surface area contributed by atoms with E-state index in [1.165, 1.54) is 5.56 Å². The van der Waals surface area contributed by atoms with Gasteiger partial charge in [-0.05, 0) is 70.4 Å². The van der Waals surface area contributed by atoms with Gasteiger partial charge < -0.3 is 10.1 Å². The van der Waals surface area contributed by atoms with Gasteiger partial charge in [0, 0.05) is 16.2 Å². The molecule has 1 atom stereocenters. The van der Waals surface area contributed by atoms with Crippen LogP contribution in [-0.2, 0) is 4.74 Å². The molecular weight excluding hydrogens is 338 g/mol. The Balaban J connectivity index is 2.12. The molecule has 20 heavy (non-hydrogen) atoms. The molecule has 1 heterocycles. The average Bonchev–Trinajstić information content (AvgIpc) is 2.95. The third-order valence-corrected chi connectivity index (χ3v) is 4.25. The third kappa shape index (κ3) is 3.61. The van der Waals surface area contributed by atoms with Crippen LogP contribution < -0.4 is 5.32 Å². The number of hydrogen-bond donors (Lipinski definition) is 1. The number of halogens is 1. The molecule has 1 aromatic heterocycles. The molecule has 1 unspecified atom stereocenters. The highest BCUT2D eigenvalue weighted by Crippen LogP contribution is 2.28. The van der Waals surface area contributed by atoms with Crippen LogP contribution in [0.4, 0.5) is 5.69 Å². The Bertz CT molecular complexity index is 584. The van der Waals surface area contributed by atoms with Crippen LogP contribution in [0.15, 0.2) is 39.5 Å². The second-order valence-corrected chi connectivity index (χ2v) is 5.97. The topological polar surface area (TPSA) is 38.3 Å². The van der Waals surface area contributed by atoms with Crippen molar-refractivity contribution in [1.29, 1.82) is 0 Å². The van der Waals surface area contributed by atoms with E-state index in [9.17, 15) is 4.79 Å². The molecule has 3 nitrogen and oxygen atoms in total. The summed E-state index contributed by atoms with van der Waals surface area (Å²) in [7, 11) is 0. The lowest BCUT2D eigenvalue weighted by Crippen LogP contribution is -2.08. The molecule has 1 N–H and O–H groups in total. The maximum Gasteiger partial charge on any atom is 0.338 e. The number of benzene rings is 1. The maximum atomic E-state index is 11.7. The van der Waals surface area contributed by atoms with E-state index >= 15 is 0 Å². The van der Waals surface area contributed by atoms with Gasteiger partial charge >= 0.3 is 5.97 Å².